The number of hydrogen-bond acceptors (Lipinski definition) is 2. The van der Waals surface area contributed by atoms with Crippen molar-refractivity contribution in [1.29, 1.82) is 0 Å². The highest BCUT2D eigenvalue weighted by atomic mass is 35.5. The van der Waals surface area contributed by atoms with Crippen molar-refractivity contribution in [3.8, 4) is 0 Å². The van der Waals surface area contributed by atoms with Crippen LogP contribution in [0.2, 0.25) is 10.0 Å². The minimum Gasteiger partial charge on any atom is -0.357 e. The molecule has 2 amide bonds. The lowest BCUT2D eigenvalue weighted by Gasteiger charge is -2.28. The fourth-order valence-electron chi connectivity index (χ4n) is 2.55. The summed E-state index contributed by atoms with van der Waals surface area (Å²) in [6.45, 7) is 2.01. The van der Waals surface area contributed by atoms with Crippen molar-refractivity contribution in [3.63, 3.8) is 0 Å². The van der Waals surface area contributed by atoms with Crippen molar-refractivity contribution in [3.05, 3.63) is 69.7 Å². The third kappa shape index (κ3) is 5.48. The minimum absolute atomic E-state index is 0.154. The maximum Gasteiger partial charge on any atom is 0.242 e. The second-order valence-corrected chi connectivity index (χ2v) is 6.62. The molecule has 25 heavy (non-hydrogen) atoms. The van der Waals surface area contributed by atoms with E-state index < -0.39 is 6.04 Å². The molecule has 0 bridgehead atoms. The third-order valence-corrected chi connectivity index (χ3v) is 4.37. The van der Waals surface area contributed by atoms with Gasteiger partial charge in [0, 0.05) is 23.6 Å². The van der Waals surface area contributed by atoms with Crippen LogP contribution in [0.5, 0.6) is 0 Å². The van der Waals surface area contributed by atoms with E-state index in [0.717, 1.165) is 11.1 Å². The van der Waals surface area contributed by atoms with E-state index in [-0.39, 0.29) is 18.2 Å². The molecule has 0 unspecified atom stereocenters. The number of rotatable bonds is 6. The fourth-order valence-corrected chi connectivity index (χ4v) is 2.97. The van der Waals surface area contributed by atoms with E-state index >= 15 is 0 Å². The molecular weight excluding hydrogens is 359 g/mol. The van der Waals surface area contributed by atoms with Gasteiger partial charge >= 0.3 is 0 Å². The number of carbonyl (C=O) groups is 2. The molecule has 1 atom stereocenters. The Hall–Kier alpha value is -2.04. The third-order valence-electron chi connectivity index (χ3n) is 3.90. The molecule has 0 radical (unpaired) electrons. The van der Waals surface area contributed by atoms with E-state index in [1.54, 1.807) is 49.2 Å². The summed E-state index contributed by atoms with van der Waals surface area (Å²) < 4.78 is 0. The van der Waals surface area contributed by atoms with Crippen LogP contribution in [0.1, 0.15) is 18.1 Å². The van der Waals surface area contributed by atoms with Gasteiger partial charge in [-0.2, -0.15) is 0 Å². The van der Waals surface area contributed by atoms with E-state index in [0.29, 0.717) is 16.6 Å². The van der Waals surface area contributed by atoms with Crippen LogP contribution in [0, 0.1) is 0 Å². The quantitative estimate of drug-likeness (QED) is 0.832. The number of nitrogens with zero attached hydrogens (tertiary/aromatic N) is 1. The zero-order chi connectivity index (χ0) is 18.4. The molecule has 0 aromatic heterocycles. The van der Waals surface area contributed by atoms with Crippen LogP contribution in [-0.4, -0.2) is 29.8 Å². The van der Waals surface area contributed by atoms with Gasteiger partial charge in [-0.15, -0.1) is 0 Å². The van der Waals surface area contributed by atoms with E-state index in [1.807, 2.05) is 18.2 Å². The topological polar surface area (TPSA) is 49.4 Å². The van der Waals surface area contributed by atoms with Gasteiger partial charge in [-0.1, -0.05) is 47.5 Å². The molecule has 0 spiro atoms. The Kier molecular flexibility index (Phi) is 6.85. The molecule has 2 rings (SSSR count). The van der Waals surface area contributed by atoms with Gasteiger partial charge in [0.2, 0.25) is 11.8 Å². The molecule has 2 aromatic rings. The molecule has 0 aliphatic heterocycles. The number of halogens is 2. The van der Waals surface area contributed by atoms with Crippen molar-refractivity contribution >= 4 is 35.0 Å². The summed E-state index contributed by atoms with van der Waals surface area (Å²) in [7, 11) is 1.55. The molecule has 2 aromatic carbocycles. The van der Waals surface area contributed by atoms with Gasteiger partial charge in [0.15, 0.2) is 0 Å². The standard InChI is InChI=1S/C19H20Cl2N2O2/c1-13(19(25)22-2)23(12-15-6-4-8-17(21)10-15)18(24)11-14-5-3-7-16(20)9-14/h3-10,13H,11-12H2,1-2H3,(H,22,25)/t13-/m0/s1. The van der Waals surface area contributed by atoms with Crippen molar-refractivity contribution in [2.45, 2.75) is 25.9 Å². The van der Waals surface area contributed by atoms with Crippen LogP contribution in [0.15, 0.2) is 48.5 Å². The molecule has 0 aliphatic rings. The first kappa shape index (κ1) is 19.3. The largest absolute Gasteiger partial charge is 0.357 e. The van der Waals surface area contributed by atoms with Gasteiger partial charge in [-0.25, -0.2) is 0 Å². The van der Waals surface area contributed by atoms with Gasteiger partial charge in [-0.3, -0.25) is 9.59 Å². The van der Waals surface area contributed by atoms with E-state index in [4.69, 9.17) is 23.2 Å². The average molecular weight is 379 g/mol. The van der Waals surface area contributed by atoms with Crippen LogP contribution in [0.25, 0.3) is 0 Å². The molecule has 6 heteroatoms. The predicted molar refractivity (Wildman–Crippen MR) is 101 cm³/mol. The van der Waals surface area contributed by atoms with Gasteiger partial charge in [-0.05, 0) is 42.3 Å². The number of hydrogen-bond donors (Lipinski definition) is 1. The van der Waals surface area contributed by atoms with Gasteiger partial charge in [0.25, 0.3) is 0 Å². The Morgan fingerprint density at radius 3 is 2.16 bits per heavy atom. The molecule has 0 fully saturated rings. The number of likely N-dealkylation sites (N-methyl/N-ethyl adjacent to an activating group) is 1. The number of benzene rings is 2. The van der Waals surface area contributed by atoms with E-state index in [9.17, 15) is 9.59 Å². The van der Waals surface area contributed by atoms with Crippen LogP contribution in [0.4, 0.5) is 0 Å². The van der Waals surface area contributed by atoms with Crippen molar-refractivity contribution < 1.29 is 9.59 Å². The molecule has 4 nitrogen and oxygen atoms in total. The number of nitrogens with one attached hydrogen (secondary N) is 1. The van der Waals surface area contributed by atoms with E-state index in [1.165, 1.54) is 0 Å². The lowest BCUT2D eigenvalue weighted by molar-refractivity contribution is -0.139. The smallest absolute Gasteiger partial charge is 0.242 e. The number of carbonyl (C=O) groups excluding carboxylic acids is 2. The lowest BCUT2D eigenvalue weighted by Crippen LogP contribution is -2.47. The summed E-state index contributed by atoms with van der Waals surface area (Å²) in [6.07, 6.45) is 0.169. The Morgan fingerprint density at radius 2 is 1.60 bits per heavy atom. The Balaban J connectivity index is 2.23. The number of amides is 2. The molecule has 0 heterocycles. The summed E-state index contributed by atoms with van der Waals surface area (Å²) in [6, 6.07) is 13.8. The van der Waals surface area contributed by atoms with Crippen LogP contribution >= 0.6 is 23.2 Å². The fraction of sp³-hybridized carbons (Fsp3) is 0.263. The molecule has 1 N–H and O–H groups in total. The summed E-state index contributed by atoms with van der Waals surface area (Å²) in [4.78, 5) is 26.5. The summed E-state index contributed by atoms with van der Waals surface area (Å²) in [5, 5.41) is 3.76. The van der Waals surface area contributed by atoms with Crippen molar-refractivity contribution in [2.75, 3.05) is 7.05 Å². The van der Waals surface area contributed by atoms with Gasteiger partial charge < -0.3 is 10.2 Å². The lowest BCUT2D eigenvalue weighted by atomic mass is 10.1. The highest BCUT2D eigenvalue weighted by Crippen LogP contribution is 2.17. The molecule has 0 saturated heterocycles. The summed E-state index contributed by atoms with van der Waals surface area (Å²) >= 11 is 12.0. The first-order valence-electron chi connectivity index (χ1n) is 7.90. The zero-order valence-corrected chi connectivity index (χ0v) is 15.6. The summed E-state index contributed by atoms with van der Waals surface area (Å²) in [5.41, 5.74) is 1.67. The molecule has 132 valence electrons. The van der Waals surface area contributed by atoms with Crippen LogP contribution in [0.3, 0.4) is 0 Å². The first-order chi connectivity index (χ1) is 11.9. The molecule has 0 aliphatic carbocycles. The van der Waals surface area contributed by atoms with Crippen LogP contribution < -0.4 is 5.32 Å². The zero-order valence-electron chi connectivity index (χ0n) is 14.1. The summed E-state index contributed by atoms with van der Waals surface area (Å²) in [5.74, 6) is -0.375. The Morgan fingerprint density at radius 1 is 1.04 bits per heavy atom. The first-order valence-corrected chi connectivity index (χ1v) is 8.66. The monoisotopic (exact) mass is 378 g/mol. The Labute approximate surface area is 157 Å². The highest BCUT2D eigenvalue weighted by molar-refractivity contribution is 6.30. The molecular formula is C19H20Cl2N2O2. The van der Waals surface area contributed by atoms with Crippen molar-refractivity contribution in [1.82, 2.24) is 10.2 Å². The second kappa shape index (κ2) is 8.88. The van der Waals surface area contributed by atoms with Crippen LogP contribution in [-0.2, 0) is 22.6 Å². The molecule has 0 saturated carbocycles. The predicted octanol–water partition coefficient (Wildman–Crippen LogP) is 3.70. The van der Waals surface area contributed by atoms with E-state index in [2.05, 4.69) is 5.32 Å². The second-order valence-electron chi connectivity index (χ2n) is 5.75. The normalized spacial score (nSPS) is 11.7. The maximum atomic E-state index is 12.8. The highest BCUT2D eigenvalue weighted by Gasteiger charge is 2.25. The maximum absolute atomic E-state index is 12.8. The average Bonchev–Trinajstić information content (AvgIpc) is 2.58. The van der Waals surface area contributed by atoms with Gasteiger partial charge in [0.1, 0.15) is 6.04 Å². The van der Waals surface area contributed by atoms with Crippen molar-refractivity contribution in [2.24, 2.45) is 0 Å². The Bertz CT molecular complexity index is 765. The minimum atomic E-state index is -0.601. The SMILES string of the molecule is CNC(=O)[C@H](C)N(Cc1cccc(Cl)c1)C(=O)Cc1cccc(Cl)c1. The van der Waals surface area contributed by atoms with Gasteiger partial charge in [0.05, 0.1) is 6.42 Å².